The molecule has 0 spiro atoms. The Morgan fingerprint density at radius 2 is 1.60 bits per heavy atom. The summed E-state index contributed by atoms with van der Waals surface area (Å²) in [5.74, 6) is -1.87. The van der Waals surface area contributed by atoms with Gasteiger partial charge in [-0.2, -0.15) is 0 Å². The summed E-state index contributed by atoms with van der Waals surface area (Å²) in [5, 5.41) is 18.4. The Labute approximate surface area is 113 Å². The van der Waals surface area contributed by atoms with Gasteiger partial charge in [0.15, 0.2) is 11.5 Å². The molecule has 0 atom stereocenters. The number of rotatable bonds is 4. The number of benzene rings is 1. The van der Waals surface area contributed by atoms with Gasteiger partial charge in [-0.25, -0.2) is 14.6 Å². The minimum absolute atomic E-state index is 0.159. The van der Waals surface area contributed by atoms with Crippen LogP contribution in [0.5, 0.6) is 11.5 Å². The molecule has 0 fully saturated rings. The third-order valence-corrected chi connectivity index (χ3v) is 2.76. The largest absolute Gasteiger partial charge is 0.493 e. The van der Waals surface area contributed by atoms with Gasteiger partial charge < -0.3 is 19.7 Å². The van der Waals surface area contributed by atoms with Crippen LogP contribution in [0, 0.1) is 0 Å². The number of carboxylic acids is 2. The number of hydrogen-bond donors (Lipinski definition) is 2. The van der Waals surface area contributed by atoms with E-state index in [2.05, 4.69) is 4.98 Å². The maximum Gasteiger partial charge on any atom is 0.354 e. The Bertz CT molecular complexity index is 710. The number of pyridine rings is 1. The maximum atomic E-state index is 11.3. The zero-order chi connectivity index (χ0) is 14.9. The van der Waals surface area contributed by atoms with E-state index in [4.69, 9.17) is 14.6 Å². The molecular formula is C13H11NO6. The molecule has 1 aromatic carbocycles. The predicted octanol–water partition coefficient (Wildman–Crippen LogP) is 1.65. The molecule has 7 heteroatoms. The van der Waals surface area contributed by atoms with E-state index in [-0.39, 0.29) is 22.2 Å². The number of carboxylic acid groups (broad SMARTS) is 2. The Hall–Kier alpha value is -2.83. The molecule has 2 N–H and O–H groups in total. The summed E-state index contributed by atoms with van der Waals surface area (Å²) < 4.78 is 10.2. The fourth-order valence-electron chi connectivity index (χ4n) is 1.84. The van der Waals surface area contributed by atoms with Crippen molar-refractivity contribution in [1.29, 1.82) is 0 Å². The van der Waals surface area contributed by atoms with Gasteiger partial charge in [0.1, 0.15) is 5.69 Å². The molecule has 0 bridgehead atoms. The summed E-state index contributed by atoms with van der Waals surface area (Å²) >= 11 is 0. The monoisotopic (exact) mass is 277 g/mol. The SMILES string of the molecule is COc1cc2nc(C(=O)O)cc(C(=O)O)c2cc1OC. The maximum absolute atomic E-state index is 11.3. The molecule has 1 heterocycles. The van der Waals surface area contributed by atoms with Gasteiger partial charge in [0.2, 0.25) is 0 Å². The van der Waals surface area contributed by atoms with Crippen LogP contribution in [0.4, 0.5) is 0 Å². The van der Waals surface area contributed by atoms with Crippen molar-refractivity contribution in [2.75, 3.05) is 14.2 Å². The molecule has 2 aromatic rings. The third kappa shape index (κ3) is 2.20. The average molecular weight is 277 g/mol. The second-order valence-electron chi connectivity index (χ2n) is 3.89. The summed E-state index contributed by atoms with van der Waals surface area (Å²) in [7, 11) is 2.84. The van der Waals surface area contributed by atoms with Gasteiger partial charge in [-0.1, -0.05) is 0 Å². The van der Waals surface area contributed by atoms with Crippen molar-refractivity contribution in [2.24, 2.45) is 0 Å². The van der Waals surface area contributed by atoms with Gasteiger partial charge in [0.25, 0.3) is 0 Å². The second kappa shape index (κ2) is 5.04. The molecule has 20 heavy (non-hydrogen) atoms. The first kappa shape index (κ1) is 13.6. The number of fused-ring (bicyclic) bond motifs is 1. The molecule has 7 nitrogen and oxygen atoms in total. The van der Waals surface area contributed by atoms with Crippen LogP contribution in [0.3, 0.4) is 0 Å². The first-order valence-corrected chi connectivity index (χ1v) is 5.51. The molecule has 0 aliphatic rings. The highest BCUT2D eigenvalue weighted by molar-refractivity contribution is 6.05. The van der Waals surface area contributed by atoms with Gasteiger partial charge in [-0.15, -0.1) is 0 Å². The Kier molecular flexibility index (Phi) is 3.43. The average Bonchev–Trinajstić information content (AvgIpc) is 2.43. The van der Waals surface area contributed by atoms with Crippen LogP contribution in [0.15, 0.2) is 18.2 Å². The van der Waals surface area contributed by atoms with E-state index in [9.17, 15) is 14.7 Å². The number of aromatic carboxylic acids is 2. The molecule has 0 aliphatic heterocycles. The highest BCUT2D eigenvalue weighted by Crippen LogP contribution is 2.33. The standard InChI is InChI=1S/C13H11NO6/c1-19-10-4-6-7(12(15)16)3-9(13(17)18)14-8(6)5-11(10)20-2/h3-5H,1-2H3,(H,15,16)(H,17,18). The molecule has 0 radical (unpaired) electrons. The van der Waals surface area contributed by atoms with E-state index in [0.29, 0.717) is 11.5 Å². The summed E-state index contributed by atoms with van der Waals surface area (Å²) in [4.78, 5) is 26.1. The van der Waals surface area contributed by atoms with Crippen molar-refractivity contribution in [3.63, 3.8) is 0 Å². The van der Waals surface area contributed by atoms with Crippen molar-refractivity contribution in [2.45, 2.75) is 0 Å². The van der Waals surface area contributed by atoms with Crippen LogP contribution >= 0.6 is 0 Å². The first-order chi connectivity index (χ1) is 9.47. The van der Waals surface area contributed by atoms with Gasteiger partial charge in [-0.3, -0.25) is 0 Å². The van der Waals surface area contributed by atoms with Crippen LogP contribution in [0.25, 0.3) is 10.9 Å². The quantitative estimate of drug-likeness (QED) is 0.875. The Morgan fingerprint density at radius 3 is 2.10 bits per heavy atom. The van der Waals surface area contributed by atoms with E-state index >= 15 is 0 Å². The first-order valence-electron chi connectivity index (χ1n) is 5.51. The number of methoxy groups -OCH3 is 2. The number of ether oxygens (including phenoxy) is 2. The van der Waals surface area contributed by atoms with Gasteiger partial charge in [-0.05, 0) is 12.1 Å². The lowest BCUT2D eigenvalue weighted by molar-refractivity contribution is 0.0691. The molecular weight excluding hydrogens is 266 g/mol. The van der Waals surface area contributed by atoms with Gasteiger partial charge in [0, 0.05) is 11.5 Å². The minimum Gasteiger partial charge on any atom is -0.493 e. The van der Waals surface area contributed by atoms with Crippen molar-refractivity contribution in [3.8, 4) is 11.5 Å². The second-order valence-corrected chi connectivity index (χ2v) is 3.89. The molecule has 104 valence electrons. The Balaban J connectivity index is 2.86. The van der Waals surface area contributed by atoms with E-state index in [1.54, 1.807) is 0 Å². The molecule has 0 amide bonds. The lowest BCUT2D eigenvalue weighted by Gasteiger charge is -2.10. The third-order valence-electron chi connectivity index (χ3n) is 2.76. The summed E-state index contributed by atoms with van der Waals surface area (Å²) in [6, 6.07) is 3.90. The molecule has 0 saturated carbocycles. The Morgan fingerprint density at radius 1 is 1.00 bits per heavy atom. The zero-order valence-electron chi connectivity index (χ0n) is 10.7. The van der Waals surface area contributed by atoms with Gasteiger partial charge in [0.05, 0.1) is 25.3 Å². The van der Waals surface area contributed by atoms with E-state index < -0.39 is 11.9 Å². The molecule has 1 aromatic heterocycles. The van der Waals surface area contributed by atoms with Crippen molar-refractivity contribution < 1.29 is 29.3 Å². The highest BCUT2D eigenvalue weighted by Gasteiger charge is 2.18. The fourth-order valence-corrected chi connectivity index (χ4v) is 1.84. The minimum atomic E-state index is -1.30. The summed E-state index contributed by atoms with van der Waals surface area (Å²) in [6.45, 7) is 0. The van der Waals surface area contributed by atoms with Crippen molar-refractivity contribution >= 4 is 22.8 Å². The molecule has 2 rings (SSSR count). The fraction of sp³-hybridized carbons (Fsp3) is 0.154. The van der Waals surface area contributed by atoms with Crippen molar-refractivity contribution in [1.82, 2.24) is 4.98 Å². The van der Waals surface area contributed by atoms with E-state index in [0.717, 1.165) is 6.07 Å². The van der Waals surface area contributed by atoms with Gasteiger partial charge >= 0.3 is 11.9 Å². The zero-order valence-corrected chi connectivity index (χ0v) is 10.7. The van der Waals surface area contributed by atoms with E-state index in [1.165, 1.54) is 26.4 Å². The summed E-state index contributed by atoms with van der Waals surface area (Å²) in [5.41, 5.74) is -0.296. The topological polar surface area (TPSA) is 106 Å². The summed E-state index contributed by atoms with van der Waals surface area (Å²) in [6.07, 6.45) is 0. The highest BCUT2D eigenvalue weighted by atomic mass is 16.5. The number of aromatic nitrogens is 1. The van der Waals surface area contributed by atoms with Crippen LogP contribution in [0.2, 0.25) is 0 Å². The van der Waals surface area contributed by atoms with Crippen LogP contribution in [-0.4, -0.2) is 41.4 Å². The van der Waals surface area contributed by atoms with E-state index in [1.807, 2.05) is 0 Å². The molecule has 0 saturated heterocycles. The normalized spacial score (nSPS) is 10.3. The smallest absolute Gasteiger partial charge is 0.354 e. The lowest BCUT2D eigenvalue weighted by Crippen LogP contribution is -2.06. The molecule has 0 aliphatic carbocycles. The number of nitrogens with zero attached hydrogens (tertiary/aromatic N) is 1. The lowest BCUT2D eigenvalue weighted by atomic mass is 10.1. The predicted molar refractivity (Wildman–Crippen MR) is 68.8 cm³/mol. The number of hydrogen-bond acceptors (Lipinski definition) is 5. The molecule has 0 unspecified atom stereocenters. The van der Waals surface area contributed by atoms with Crippen LogP contribution in [0.1, 0.15) is 20.8 Å². The van der Waals surface area contributed by atoms with Crippen molar-refractivity contribution in [3.05, 3.63) is 29.5 Å². The number of carbonyl (C=O) groups is 2. The van der Waals surface area contributed by atoms with Crippen LogP contribution < -0.4 is 9.47 Å². The van der Waals surface area contributed by atoms with Crippen LogP contribution in [-0.2, 0) is 0 Å².